The monoisotopic (exact) mass is 247 g/mol. The van der Waals surface area contributed by atoms with Gasteiger partial charge in [0.15, 0.2) is 0 Å². The molecule has 1 fully saturated rings. The molecule has 1 amide bonds. The quantitative estimate of drug-likeness (QED) is 0.867. The normalized spacial score (nSPS) is 14.4. The number of nitrogens with one attached hydrogen (secondary N) is 1. The number of amides is 1. The van der Waals surface area contributed by atoms with Crippen LogP contribution in [0.25, 0.3) is 0 Å². The van der Waals surface area contributed by atoms with Crippen molar-refractivity contribution in [3.05, 3.63) is 28.8 Å². The molecule has 18 heavy (non-hydrogen) atoms. The first-order valence-corrected chi connectivity index (χ1v) is 6.53. The fourth-order valence-electron chi connectivity index (χ4n) is 2.26. The molecular weight excluding hydrogens is 226 g/mol. The molecule has 3 heteroatoms. The topological polar surface area (TPSA) is 38.3 Å². The van der Waals surface area contributed by atoms with Gasteiger partial charge in [-0.3, -0.25) is 4.79 Å². The Labute approximate surface area is 109 Å². The van der Waals surface area contributed by atoms with Crippen molar-refractivity contribution in [3.8, 4) is 5.75 Å². The van der Waals surface area contributed by atoms with Crippen LogP contribution in [-0.2, 0) is 11.2 Å². The lowest BCUT2D eigenvalue weighted by molar-refractivity contribution is -0.122. The highest BCUT2D eigenvalue weighted by molar-refractivity contribution is 5.80. The Hall–Kier alpha value is -1.51. The van der Waals surface area contributed by atoms with E-state index in [1.165, 1.54) is 16.7 Å². The maximum absolute atomic E-state index is 11.5. The molecule has 0 unspecified atom stereocenters. The van der Waals surface area contributed by atoms with Crippen LogP contribution in [0.5, 0.6) is 5.75 Å². The zero-order valence-electron chi connectivity index (χ0n) is 11.4. The van der Waals surface area contributed by atoms with Crippen LogP contribution in [0.15, 0.2) is 12.1 Å². The van der Waals surface area contributed by atoms with Gasteiger partial charge < -0.3 is 10.1 Å². The lowest BCUT2D eigenvalue weighted by Gasteiger charge is -2.13. The maximum Gasteiger partial charge on any atom is 0.223 e. The second-order valence-electron chi connectivity index (χ2n) is 5.08. The molecule has 0 bridgehead atoms. The average molecular weight is 247 g/mol. The molecule has 0 aromatic heterocycles. The predicted molar refractivity (Wildman–Crippen MR) is 71.9 cm³/mol. The van der Waals surface area contributed by atoms with Crippen LogP contribution in [0.2, 0.25) is 0 Å². The number of rotatable bonds is 5. The van der Waals surface area contributed by atoms with Crippen LogP contribution in [0, 0.1) is 19.8 Å². The van der Waals surface area contributed by atoms with Gasteiger partial charge in [-0.1, -0.05) is 6.07 Å². The van der Waals surface area contributed by atoms with Gasteiger partial charge in [0.1, 0.15) is 5.75 Å². The maximum atomic E-state index is 11.5. The first-order chi connectivity index (χ1) is 8.61. The molecule has 0 aliphatic heterocycles. The number of carbonyl (C=O) groups is 1. The molecule has 1 saturated carbocycles. The standard InChI is InChI=1S/C15H21NO2/c1-10-8-11(2)13(14(9-10)18-3)6-7-16-15(17)12-4-5-12/h8-9,12H,4-7H2,1-3H3,(H,16,17). The van der Waals surface area contributed by atoms with Crippen molar-refractivity contribution in [3.63, 3.8) is 0 Å². The third-order valence-corrected chi connectivity index (χ3v) is 3.42. The van der Waals surface area contributed by atoms with Gasteiger partial charge in [0.05, 0.1) is 7.11 Å². The van der Waals surface area contributed by atoms with Crippen molar-refractivity contribution < 1.29 is 9.53 Å². The molecular formula is C15H21NO2. The molecule has 0 saturated heterocycles. The van der Waals surface area contributed by atoms with E-state index in [2.05, 4.69) is 25.2 Å². The summed E-state index contributed by atoms with van der Waals surface area (Å²) < 4.78 is 5.41. The Morgan fingerprint density at radius 2 is 2.11 bits per heavy atom. The van der Waals surface area contributed by atoms with Gasteiger partial charge in [0, 0.05) is 12.5 Å². The second kappa shape index (κ2) is 5.42. The van der Waals surface area contributed by atoms with Crippen LogP contribution < -0.4 is 10.1 Å². The highest BCUT2D eigenvalue weighted by atomic mass is 16.5. The number of carbonyl (C=O) groups excluding carboxylic acids is 1. The molecule has 0 heterocycles. The number of methoxy groups -OCH3 is 1. The third kappa shape index (κ3) is 3.03. The Bertz CT molecular complexity index is 450. The summed E-state index contributed by atoms with van der Waals surface area (Å²) in [7, 11) is 1.69. The molecule has 1 aliphatic carbocycles. The molecule has 1 aromatic rings. The zero-order chi connectivity index (χ0) is 13.1. The predicted octanol–water partition coefficient (Wildman–Crippen LogP) is 2.38. The van der Waals surface area contributed by atoms with E-state index in [1.54, 1.807) is 7.11 Å². The van der Waals surface area contributed by atoms with Crippen LogP contribution in [0.4, 0.5) is 0 Å². The highest BCUT2D eigenvalue weighted by Crippen LogP contribution is 2.29. The molecule has 3 nitrogen and oxygen atoms in total. The van der Waals surface area contributed by atoms with E-state index in [0.717, 1.165) is 25.0 Å². The molecule has 2 rings (SSSR count). The first-order valence-electron chi connectivity index (χ1n) is 6.53. The fraction of sp³-hybridized carbons (Fsp3) is 0.533. The van der Waals surface area contributed by atoms with Gasteiger partial charge in [-0.25, -0.2) is 0 Å². The Balaban J connectivity index is 1.97. The summed E-state index contributed by atoms with van der Waals surface area (Å²) in [5, 5.41) is 2.99. The van der Waals surface area contributed by atoms with Crippen LogP contribution in [-0.4, -0.2) is 19.6 Å². The minimum Gasteiger partial charge on any atom is -0.496 e. The number of hydrogen-bond donors (Lipinski definition) is 1. The molecule has 1 aliphatic rings. The summed E-state index contributed by atoms with van der Waals surface area (Å²) in [5.41, 5.74) is 3.63. The largest absolute Gasteiger partial charge is 0.496 e. The van der Waals surface area contributed by atoms with Crippen LogP contribution in [0.1, 0.15) is 29.5 Å². The summed E-state index contributed by atoms with van der Waals surface area (Å²) in [6, 6.07) is 4.20. The van der Waals surface area contributed by atoms with Crippen molar-refractivity contribution in [1.29, 1.82) is 0 Å². The molecule has 1 N–H and O–H groups in total. The van der Waals surface area contributed by atoms with E-state index < -0.39 is 0 Å². The van der Waals surface area contributed by atoms with Crippen molar-refractivity contribution in [2.24, 2.45) is 5.92 Å². The number of aryl methyl sites for hydroxylation is 2. The Morgan fingerprint density at radius 3 is 2.72 bits per heavy atom. The van der Waals surface area contributed by atoms with Crippen molar-refractivity contribution in [1.82, 2.24) is 5.32 Å². The van der Waals surface area contributed by atoms with Gasteiger partial charge >= 0.3 is 0 Å². The van der Waals surface area contributed by atoms with Crippen LogP contribution in [0.3, 0.4) is 0 Å². The van der Waals surface area contributed by atoms with E-state index in [0.29, 0.717) is 6.54 Å². The van der Waals surface area contributed by atoms with Gasteiger partial charge in [0.25, 0.3) is 0 Å². The average Bonchev–Trinajstić information content (AvgIpc) is 3.15. The SMILES string of the molecule is COc1cc(C)cc(C)c1CCNC(=O)C1CC1. The number of benzene rings is 1. The molecule has 1 aromatic carbocycles. The van der Waals surface area contributed by atoms with Crippen molar-refractivity contribution in [2.75, 3.05) is 13.7 Å². The molecule has 98 valence electrons. The minimum atomic E-state index is 0.207. The Kier molecular flexibility index (Phi) is 3.90. The van der Waals surface area contributed by atoms with Gasteiger partial charge in [-0.15, -0.1) is 0 Å². The van der Waals surface area contributed by atoms with Gasteiger partial charge in [-0.2, -0.15) is 0 Å². The van der Waals surface area contributed by atoms with E-state index >= 15 is 0 Å². The second-order valence-corrected chi connectivity index (χ2v) is 5.08. The Morgan fingerprint density at radius 1 is 1.39 bits per heavy atom. The third-order valence-electron chi connectivity index (χ3n) is 3.42. The summed E-state index contributed by atoms with van der Waals surface area (Å²) in [5.74, 6) is 1.41. The summed E-state index contributed by atoms with van der Waals surface area (Å²) in [6.07, 6.45) is 2.94. The summed E-state index contributed by atoms with van der Waals surface area (Å²) >= 11 is 0. The van der Waals surface area contributed by atoms with Crippen LogP contribution >= 0.6 is 0 Å². The van der Waals surface area contributed by atoms with E-state index in [1.807, 2.05) is 6.07 Å². The van der Waals surface area contributed by atoms with Gasteiger partial charge in [-0.05, 0) is 55.9 Å². The van der Waals surface area contributed by atoms with E-state index in [-0.39, 0.29) is 11.8 Å². The van der Waals surface area contributed by atoms with Crippen molar-refractivity contribution in [2.45, 2.75) is 33.1 Å². The fourth-order valence-corrected chi connectivity index (χ4v) is 2.26. The molecule has 0 radical (unpaired) electrons. The molecule has 0 spiro atoms. The molecule has 0 atom stereocenters. The van der Waals surface area contributed by atoms with E-state index in [9.17, 15) is 4.79 Å². The highest BCUT2D eigenvalue weighted by Gasteiger charge is 2.29. The summed E-state index contributed by atoms with van der Waals surface area (Å²) in [4.78, 5) is 11.5. The smallest absolute Gasteiger partial charge is 0.223 e. The minimum absolute atomic E-state index is 0.207. The summed E-state index contributed by atoms with van der Waals surface area (Å²) in [6.45, 7) is 4.84. The lowest BCUT2D eigenvalue weighted by atomic mass is 10.0. The zero-order valence-corrected chi connectivity index (χ0v) is 11.4. The van der Waals surface area contributed by atoms with Gasteiger partial charge in [0.2, 0.25) is 5.91 Å². The van der Waals surface area contributed by atoms with Crippen molar-refractivity contribution >= 4 is 5.91 Å². The lowest BCUT2D eigenvalue weighted by Crippen LogP contribution is -2.27. The number of hydrogen-bond acceptors (Lipinski definition) is 2. The number of ether oxygens (including phenoxy) is 1. The van der Waals surface area contributed by atoms with E-state index in [4.69, 9.17) is 4.74 Å². The first kappa shape index (κ1) is 12.9.